The first-order valence-electron chi connectivity index (χ1n) is 7.10. The van der Waals surface area contributed by atoms with Gasteiger partial charge in [0.1, 0.15) is 0 Å². The SMILES string of the molecule is Oc1[nH]c(=S)sc1/C=C1/C(c2ccccc2)=Nc2ccccc21. The molecule has 0 unspecified atom stereocenters. The van der Waals surface area contributed by atoms with Gasteiger partial charge in [0.15, 0.2) is 3.95 Å². The third kappa shape index (κ3) is 2.54. The van der Waals surface area contributed by atoms with Gasteiger partial charge in [-0.1, -0.05) is 48.5 Å². The van der Waals surface area contributed by atoms with Crippen LogP contribution in [0.3, 0.4) is 0 Å². The molecule has 3 nitrogen and oxygen atoms in total. The molecular weight excluding hydrogens is 324 g/mol. The monoisotopic (exact) mass is 336 g/mol. The van der Waals surface area contributed by atoms with Crippen molar-refractivity contribution in [1.82, 2.24) is 4.98 Å². The predicted octanol–water partition coefficient (Wildman–Crippen LogP) is 5.19. The van der Waals surface area contributed by atoms with E-state index >= 15 is 0 Å². The highest BCUT2D eigenvalue weighted by Gasteiger charge is 2.22. The summed E-state index contributed by atoms with van der Waals surface area (Å²) in [6.07, 6.45) is 1.95. The minimum atomic E-state index is 0.101. The lowest BCUT2D eigenvalue weighted by Crippen LogP contribution is -1.99. The van der Waals surface area contributed by atoms with Crippen molar-refractivity contribution in [2.75, 3.05) is 0 Å². The minimum absolute atomic E-state index is 0.101. The van der Waals surface area contributed by atoms with Gasteiger partial charge >= 0.3 is 0 Å². The molecule has 0 spiro atoms. The molecular formula is C18H12N2OS2. The quantitative estimate of drug-likeness (QED) is 0.633. The Kier molecular flexibility index (Phi) is 3.44. The molecule has 0 radical (unpaired) electrons. The van der Waals surface area contributed by atoms with Crippen molar-refractivity contribution in [3.63, 3.8) is 0 Å². The molecule has 1 aliphatic rings. The zero-order valence-electron chi connectivity index (χ0n) is 12.0. The second-order valence-corrected chi connectivity index (χ2v) is 6.85. The Morgan fingerprint density at radius 3 is 2.52 bits per heavy atom. The topological polar surface area (TPSA) is 48.4 Å². The lowest BCUT2D eigenvalue weighted by atomic mass is 9.97. The number of aromatic amines is 1. The maximum atomic E-state index is 10.0. The number of allylic oxidation sites excluding steroid dienone is 1. The molecule has 0 aliphatic carbocycles. The molecule has 1 aromatic heterocycles. The number of rotatable bonds is 2. The number of aromatic nitrogens is 1. The van der Waals surface area contributed by atoms with Gasteiger partial charge in [0.25, 0.3) is 0 Å². The first-order chi connectivity index (χ1) is 11.2. The lowest BCUT2D eigenvalue weighted by Gasteiger charge is -2.05. The minimum Gasteiger partial charge on any atom is -0.494 e. The second-order valence-electron chi connectivity index (χ2n) is 5.13. The third-order valence-corrected chi connectivity index (χ3v) is 4.83. The zero-order valence-corrected chi connectivity index (χ0v) is 13.6. The molecule has 0 saturated heterocycles. The number of aliphatic imine (C=N–C) groups is 1. The van der Waals surface area contributed by atoms with Crippen LogP contribution in [0.25, 0.3) is 11.6 Å². The summed E-state index contributed by atoms with van der Waals surface area (Å²) in [7, 11) is 0. The summed E-state index contributed by atoms with van der Waals surface area (Å²) in [4.78, 5) is 8.25. The van der Waals surface area contributed by atoms with Crippen molar-refractivity contribution >= 4 is 46.6 Å². The van der Waals surface area contributed by atoms with E-state index in [1.54, 1.807) is 0 Å². The molecule has 0 saturated carbocycles. The van der Waals surface area contributed by atoms with Crippen LogP contribution in [-0.4, -0.2) is 15.8 Å². The first kappa shape index (κ1) is 14.1. The molecule has 0 bridgehead atoms. The van der Waals surface area contributed by atoms with E-state index in [9.17, 15) is 5.11 Å². The van der Waals surface area contributed by atoms with Gasteiger partial charge in [-0.25, -0.2) is 4.99 Å². The highest BCUT2D eigenvalue weighted by atomic mass is 32.1. The number of nitrogens with zero attached hydrogens (tertiary/aromatic N) is 1. The van der Waals surface area contributed by atoms with Crippen LogP contribution < -0.4 is 0 Å². The molecule has 1 aliphatic heterocycles. The Labute approximate surface area is 142 Å². The molecule has 2 heterocycles. The number of hydrogen-bond donors (Lipinski definition) is 2. The van der Waals surface area contributed by atoms with E-state index in [0.717, 1.165) is 28.1 Å². The van der Waals surface area contributed by atoms with E-state index in [4.69, 9.17) is 17.2 Å². The van der Waals surface area contributed by atoms with Gasteiger partial charge in [-0.05, 0) is 24.4 Å². The molecule has 23 heavy (non-hydrogen) atoms. The first-order valence-corrected chi connectivity index (χ1v) is 8.32. The average molecular weight is 336 g/mol. The largest absolute Gasteiger partial charge is 0.494 e. The number of benzene rings is 2. The highest BCUT2D eigenvalue weighted by molar-refractivity contribution is 7.73. The number of fused-ring (bicyclic) bond motifs is 1. The molecule has 112 valence electrons. The van der Waals surface area contributed by atoms with E-state index in [-0.39, 0.29) is 5.88 Å². The van der Waals surface area contributed by atoms with Crippen molar-refractivity contribution in [3.8, 4) is 5.88 Å². The number of thiazole rings is 1. The van der Waals surface area contributed by atoms with Crippen LogP contribution in [0.5, 0.6) is 5.88 Å². The van der Waals surface area contributed by atoms with E-state index in [0.29, 0.717) is 8.83 Å². The van der Waals surface area contributed by atoms with E-state index in [1.807, 2.05) is 60.7 Å². The van der Waals surface area contributed by atoms with Gasteiger partial charge in [0.05, 0.1) is 16.3 Å². The van der Waals surface area contributed by atoms with Crippen LogP contribution in [0.4, 0.5) is 5.69 Å². The highest BCUT2D eigenvalue weighted by Crippen LogP contribution is 2.39. The van der Waals surface area contributed by atoms with Gasteiger partial charge in [0.2, 0.25) is 5.88 Å². The van der Waals surface area contributed by atoms with Gasteiger partial charge < -0.3 is 10.1 Å². The second kappa shape index (κ2) is 5.61. The Morgan fingerprint density at radius 1 is 1.04 bits per heavy atom. The van der Waals surface area contributed by atoms with Crippen LogP contribution in [-0.2, 0) is 0 Å². The van der Waals surface area contributed by atoms with Gasteiger partial charge in [-0.15, -0.1) is 11.3 Å². The average Bonchev–Trinajstić information content (AvgIpc) is 3.09. The number of nitrogens with one attached hydrogen (secondary N) is 1. The van der Waals surface area contributed by atoms with Gasteiger partial charge in [-0.3, -0.25) is 0 Å². The Hall–Kier alpha value is -2.50. The molecule has 2 N–H and O–H groups in total. The van der Waals surface area contributed by atoms with Crippen LogP contribution in [0.1, 0.15) is 16.0 Å². The van der Waals surface area contributed by atoms with Gasteiger partial charge in [-0.2, -0.15) is 0 Å². The fraction of sp³-hybridized carbons (Fsp3) is 0. The Balaban J connectivity index is 1.92. The number of para-hydroxylation sites is 1. The predicted molar refractivity (Wildman–Crippen MR) is 98.1 cm³/mol. The molecule has 0 atom stereocenters. The fourth-order valence-electron chi connectivity index (χ4n) is 2.63. The molecule has 2 aromatic carbocycles. The molecule has 3 aromatic rings. The van der Waals surface area contributed by atoms with E-state index < -0.39 is 0 Å². The maximum absolute atomic E-state index is 10.0. The van der Waals surface area contributed by atoms with Crippen molar-refractivity contribution in [2.24, 2.45) is 4.99 Å². The normalized spacial score (nSPS) is 14.8. The van der Waals surface area contributed by atoms with Crippen molar-refractivity contribution < 1.29 is 5.11 Å². The number of H-pyrrole nitrogens is 1. The van der Waals surface area contributed by atoms with Crippen LogP contribution in [0, 0.1) is 3.95 Å². The molecule has 0 amide bonds. The number of hydrogen-bond acceptors (Lipinski definition) is 4. The summed E-state index contributed by atoms with van der Waals surface area (Å²) in [5.74, 6) is 0.101. The van der Waals surface area contributed by atoms with Crippen molar-refractivity contribution in [1.29, 1.82) is 0 Å². The van der Waals surface area contributed by atoms with Crippen LogP contribution in [0.2, 0.25) is 0 Å². The summed E-state index contributed by atoms with van der Waals surface area (Å²) in [6.45, 7) is 0. The summed E-state index contributed by atoms with van der Waals surface area (Å²) >= 11 is 6.46. The van der Waals surface area contributed by atoms with Crippen molar-refractivity contribution in [2.45, 2.75) is 0 Å². The van der Waals surface area contributed by atoms with E-state index in [2.05, 4.69) is 4.98 Å². The summed E-state index contributed by atoms with van der Waals surface area (Å²) < 4.78 is 0.554. The zero-order chi connectivity index (χ0) is 15.8. The Bertz CT molecular complexity index is 997. The van der Waals surface area contributed by atoms with Crippen LogP contribution >= 0.6 is 23.6 Å². The Morgan fingerprint density at radius 2 is 1.78 bits per heavy atom. The summed E-state index contributed by atoms with van der Waals surface area (Å²) in [5, 5.41) is 10.0. The maximum Gasteiger partial charge on any atom is 0.207 e. The van der Waals surface area contributed by atoms with Crippen LogP contribution in [0.15, 0.2) is 59.6 Å². The molecule has 4 rings (SSSR count). The van der Waals surface area contributed by atoms with Gasteiger partial charge in [0, 0.05) is 16.7 Å². The number of aromatic hydroxyl groups is 1. The lowest BCUT2D eigenvalue weighted by molar-refractivity contribution is 0.456. The van der Waals surface area contributed by atoms with E-state index in [1.165, 1.54) is 11.3 Å². The van der Waals surface area contributed by atoms with Crippen molar-refractivity contribution in [3.05, 3.63) is 74.6 Å². The third-order valence-electron chi connectivity index (χ3n) is 3.66. The fourth-order valence-corrected chi connectivity index (χ4v) is 3.67. The summed E-state index contributed by atoms with van der Waals surface area (Å²) in [6, 6.07) is 18.1. The molecule has 0 fully saturated rings. The molecule has 5 heteroatoms. The smallest absolute Gasteiger partial charge is 0.207 e. The standard InChI is InChI=1S/C18H12N2OS2/c21-17-15(23-18(22)20-17)10-13-12-8-4-5-9-14(12)19-16(13)11-6-2-1-3-7-11/h1-10,21H,(H,20,22)/b13-10+. The summed E-state index contributed by atoms with van der Waals surface area (Å²) in [5.41, 5.74) is 4.95.